The second-order valence-electron chi connectivity index (χ2n) is 5.47. The van der Waals surface area contributed by atoms with Gasteiger partial charge in [-0.3, -0.25) is 9.69 Å². The van der Waals surface area contributed by atoms with E-state index in [2.05, 4.69) is 10.2 Å². The Morgan fingerprint density at radius 3 is 2.90 bits per heavy atom. The van der Waals surface area contributed by atoms with Crippen molar-refractivity contribution in [3.8, 4) is 5.75 Å². The van der Waals surface area contributed by atoms with Gasteiger partial charge in [0, 0.05) is 31.7 Å². The minimum atomic E-state index is -0.0837. The number of hydrogen-bond acceptors (Lipinski definition) is 4. The first-order valence-corrected chi connectivity index (χ1v) is 7.64. The molecular weight excluding hydrogens is 268 g/mol. The van der Waals surface area contributed by atoms with Crippen molar-refractivity contribution in [2.45, 2.75) is 12.3 Å². The lowest BCUT2D eigenvalue weighted by molar-refractivity contribution is -0.123. The van der Waals surface area contributed by atoms with E-state index in [1.165, 1.54) is 0 Å². The van der Waals surface area contributed by atoms with E-state index in [0.717, 1.165) is 50.6 Å². The Hall–Kier alpha value is -1.59. The third-order valence-electron chi connectivity index (χ3n) is 4.11. The average Bonchev–Trinajstić information content (AvgIpc) is 2.55. The molecule has 3 rings (SSSR count). The third-order valence-corrected chi connectivity index (χ3v) is 4.11. The van der Waals surface area contributed by atoms with E-state index in [4.69, 9.17) is 9.47 Å². The fraction of sp³-hybridized carbons (Fsp3) is 0.562. The molecule has 2 aliphatic rings. The van der Waals surface area contributed by atoms with Crippen LogP contribution in [0.1, 0.15) is 17.9 Å². The van der Waals surface area contributed by atoms with Crippen molar-refractivity contribution in [2.75, 3.05) is 46.0 Å². The Morgan fingerprint density at radius 2 is 2.05 bits per heavy atom. The minimum Gasteiger partial charge on any atom is -0.493 e. The highest BCUT2D eigenvalue weighted by atomic mass is 16.5. The summed E-state index contributed by atoms with van der Waals surface area (Å²) in [5.41, 5.74) is 1.01. The molecule has 1 unspecified atom stereocenters. The van der Waals surface area contributed by atoms with E-state index in [1.54, 1.807) is 0 Å². The zero-order chi connectivity index (χ0) is 14.5. The Bertz CT molecular complexity index is 486. The number of carbonyl (C=O) groups is 1. The lowest BCUT2D eigenvalue weighted by atomic mass is 9.92. The number of ether oxygens (including phenoxy) is 2. The van der Waals surface area contributed by atoms with Crippen molar-refractivity contribution in [3.05, 3.63) is 29.8 Å². The van der Waals surface area contributed by atoms with Gasteiger partial charge in [-0.2, -0.15) is 0 Å². The molecule has 1 atom stereocenters. The topological polar surface area (TPSA) is 50.8 Å². The summed E-state index contributed by atoms with van der Waals surface area (Å²) in [5.74, 6) is 0.871. The lowest BCUT2D eigenvalue weighted by Gasteiger charge is -2.28. The van der Waals surface area contributed by atoms with Gasteiger partial charge in [-0.25, -0.2) is 0 Å². The van der Waals surface area contributed by atoms with Crippen LogP contribution in [-0.4, -0.2) is 56.8 Å². The number of para-hydroxylation sites is 1. The number of amides is 1. The molecule has 0 spiro atoms. The van der Waals surface area contributed by atoms with Crippen molar-refractivity contribution < 1.29 is 14.3 Å². The number of nitrogens with one attached hydrogen (secondary N) is 1. The molecule has 1 saturated heterocycles. The second-order valence-corrected chi connectivity index (χ2v) is 5.47. The van der Waals surface area contributed by atoms with Gasteiger partial charge in [-0.15, -0.1) is 0 Å². The van der Waals surface area contributed by atoms with Crippen LogP contribution in [-0.2, 0) is 9.53 Å². The fourth-order valence-corrected chi connectivity index (χ4v) is 2.90. The van der Waals surface area contributed by atoms with Gasteiger partial charge in [0.15, 0.2) is 0 Å². The van der Waals surface area contributed by atoms with E-state index in [1.807, 2.05) is 24.3 Å². The fourth-order valence-electron chi connectivity index (χ4n) is 2.90. The van der Waals surface area contributed by atoms with Gasteiger partial charge in [0.05, 0.1) is 25.7 Å². The van der Waals surface area contributed by atoms with Gasteiger partial charge in [0.25, 0.3) is 0 Å². The molecule has 1 aromatic carbocycles. The highest BCUT2D eigenvalue weighted by Crippen LogP contribution is 2.33. The molecule has 2 heterocycles. The third kappa shape index (κ3) is 3.54. The van der Waals surface area contributed by atoms with Crippen LogP contribution >= 0.6 is 0 Å². The monoisotopic (exact) mass is 290 g/mol. The van der Waals surface area contributed by atoms with Crippen molar-refractivity contribution in [2.24, 2.45) is 0 Å². The summed E-state index contributed by atoms with van der Waals surface area (Å²) in [4.78, 5) is 14.7. The van der Waals surface area contributed by atoms with Crippen LogP contribution < -0.4 is 10.1 Å². The van der Waals surface area contributed by atoms with Crippen LogP contribution in [0.4, 0.5) is 0 Å². The molecule has 5 heteroatoms. The molecule has 0 radical (unpaired) electrons. The number of nitrogens with zero attached hydrogens (tertiary/aromatic N) is 1. The summed E-state index contributed by atoms with van der Waals surface area (Å²) in [6.07, 6.45) is 0.750. The molecule has 0 bridgehead atoms. The number of hydrogen-bond donors (Lipinski definition) is 1. The number of carbonyl (C=O) groups excluding carboxylic acids is 1. The van der Waals surface area contributed by atoms with Gasteiger partial charge in [0.1, 0.15) is 5.75 Å². The standard InChI is InChI=1S/C16H22N2O3/c19-16(17-6-7-18-8-11-20-12-9-18)14-5-10-21-15-4-2-1-3-13(14)15/h1-4,14H,5-12H2,(H,17,19). The number of fused-ring (bicyclic) bond motifs is 1. The van der Waals surface area contributed by atoms with Gasteiger partial charge in [-0.1, -0.05) is 18.2 Å². The quantitative estimate of drug-likeness (QED) is 0.899. The molecule has 5 nitrogen and oxygen atoms in total. The number of benzene rings is 1. The van der Waals surface area contributed by atoms with E-state index in [0.29, 0.717) is 13.2 Å². The molecule has 0 saturated carbocycles. The van der Waals surface area contributed by atoms with Crippen molar-refractivity contribution in [1.82, 2.24) is 10.2 Å². The Kier molecular flexibility index (Phi) is 4.72. The summed E-state index contributed by atoms with van der Waals surface area (Å²) < 4.78 is 10.9. The van der Waals surface area contributed by atoms with Gasteiger partial charge >= 0.3 is 0 Å². The molecule has 114 valence electrons. The van der Waals surface area contributed by atoms with E-state index >= 15 is 0 Å². The summed E-state index contributed by atoms with van der Waals surface area (Å²) in [7, 11) is 0. The molecule has 0 aliphatic carbocycles. The van der Waals surface area contributed by atoms with Crippen LogP contribution in [0.3, 0.4) is 0 Å². The van der Waals surface area contributed by atoms with Crippen LogP contribution in [0.5, 0.6) is 5.75 Å². The molecule has 0 aromatic heterocycles. The molecule has 1 amide bonds. The first kappa shape index (κ1) is 14.4. The molecule has 1 N–H and O–H groups in total. The maximum atomic E-state index is 12.4. The largest absolute Gasteiger partial charge is 0.493 e. The van der Waals surface area contributed by atoms with Crippen LogP contribution in [0, 0.1) is 0 Å². The van der Waals surface area contributed by atoms with Crippen LogP contribution in [0.2, 0.25) is 0 Å². The van der Waals surface area contributed by atoms with Crippen molar-refractivity contribution >= 4 is 5.91 Å². The molecule has 2 aliphatic heterocycles. The normalized spacial score (nSPS) is 22.2. The Morgan fingerprint density at radius 1 is 1.24 bits per heavy atom. The first-order valence-electron chi connectivity index (χ1n) is 7.64. The smallest absolute Gasteiger partial charge is 0.227 e. The SMILES string of the molecule is O=C(NCCN1CCOCC1)C1CCOc2ccccc21. The van der Waals surface area contributed by atoms with Gasteiger partial charge < -0.3 is 14.8 Å². The Labute approximate surface area is 125 Å². The summed E-state index contributed by atoms with van der Waals surface area (Å²) in [6.45, 7) is 5.69. The molecule has 21 heavy (non-hydrogen) atoms. The number of rotatable bonds is 4. The van der Waals surface area contributed by atoms with Crippen LogP contribution in [0.15, 0.2) is 24.3 Å². The molecule has 1 fully saturated rings. The summed E-state index contributed by atoms with van der Waals surface area (Å²) in [5, 5.41) is 3.06. The van der Waals surface area contributed by atoms with Gasteiger partial charge in [-0.05, 0) is 12.5 Å². The predicted octanol–water partition coefficient (Wildman–Crippen LogP) is 1.00. The predicted molar refractivity (Wildman–Crippen MR) is 79.6 cm³/mol. The first-order chi connectivity index (χ1) is 10.3. The minimum absolute atomic E-state index is 0.0837. The van der Waals surface area contributed by atoms with Crippen molar-refractivity contribution in [1.29, 1.82) is 0 Å². The van der Waals surface area contributed by atoms with E-state index < -0.39 is 0 Å². The number of morpholine rings is 1. The van der Waals surface area contributed by atoms with Crippen LogP contribution in [0.25, 0.3) is 0 Å². The van der Waals surface area contributed by atoms with Crippen molar-refractivity contribution in [3.63, 3.8) is 0 Å². The highest BCUT2D eigenvalue weighted by Gasteiger charge is 2.27. The zero-order valence-electron chi connectivity index (χ0n) is 12.2. The van der Waals surface area contributed by atoms with E-state index in [-0.39, 0.29) is 11.8 Å². The lowest BCUT2D eigenvalue weighted by Crippen LogP contribution is -2.42. The van der Waals surface area contributed by atoms with E-state index in [9.17, 15) is 4.79 Å². The average molecular weight is 290 g/mol. The molecular formula is C16H22N2O3. The summed E-state index contributed by atoms with van der Waals surface area (Å²) in [6, 6.07) is 7.82. The summed E-state index contributed by atoms with van der Waals surface area (Å²) >= 11 is 0. The Balaban J connectivity index is 1.51. The maximum Gasteiger partial charge on any atom is 0.227 e. The highest BCUT2D eigenvalue weighted by molar-refractivity contribution is 5.84. The second kappa shape index (κ2) is 6.91. The van der Waals surface area contributed by atoms with Gasteiger partial charge in [0.2, 0.25) is 5.91 Å². The zero-order valence-corrected chi connectivity index (χ0v) is 12.2. The molecule has 1 aromatic rings. The maximum absolute atomic E-state index is 12.4.